The third-order valence-corrected chi connectivity index (χ3v) is 4.08. The molecule has 7 heteroatoms. The minimum absolute atomic E-state index is 0.347. The zero-order chi connectivity index (χ0) is 12.4. The molecule has 0 heterocycles. The molecule has 16 heavy (non-hydrogen) atoms. The molecule has 4 nitrogen and oxygen atoms in total. The molecule has 0 bridgehead atoms. The van der Waals surface area contributed by atoms with Gasteiger partial charge in [-0.15, -0.1) is 23.2 Å². The van der Waals surface area contributed by atoms with Crippen LogP contribution in [0.2, 0.25) is 0 Å². The Bertz CT molecular complexity index is 308. The maximum atomic E-state index is 11.5. The van der Waals surface area contributed by atoms with Crippen molar-refractivity contribution in [2.24, 2.45) is 5.41 Å². The van der Waals surface area contributed by atoms with Gasteiger partial charge in [0.1, 0.15) is 9.75 Å². The van der Waals surface area contributed by atoms with Crippen molar-refractivity contribution in [1.29, 1.82) is 0 Å². The van der Waals surface area contributed by atoms with Crippen molar-refractivity contribution in [3.8, 4) is 0 Å². The average molecular weight is 287 g/mol. The van der Waals surface area contributed by atoms with Crippen molar-refractivity contribution < 1.29 is 19.1 Å². The van der Waals surface area contributed by atoms with Gasteiger partial charge in [0.05, 0.1) is 0 Å². The minimum Gasteiger partial charge on any atom is -0.427 e. The third-order valence-electron chi connectivity index (χ3n) is 2.34. The smallest absolute Gasteiger partial charge is 0.370 e. The first-order valence-electron chi connectivity index (χ1n) is 4.68. The molecule has 0 radical (unpaired) electrons. The van der Waals surface area contributed by atoms with Crippen LogP contribution >= 0.6 is 35.0 Å². The molecule has 0 saturated heterocycles. The summed E-state index contributed by atoms with van der Waals surface area (Å²) in [4.78, 5) is 22.4. The Morgan fingerprint density at radius 3 is 2.38 bits per heavy atom. The number of carbonyl (C=O) groups excluding carboxylic acids is 2. The van der Waals surface area contributed by atoms with Crippen LogP contribution in [0.15, 0.2) is 0 Å². The Morgan fingerprint density at radius 2 is 1.94 bits per heavy atom. The second-order valence-electron chi connectivity index (χ2n) is 3.59. The summed E-state index contributed by atoms with van der Waals surface area (Å²) in [6, 6.07) is 0. The number of esters is 1. The van der Waals surface area contributed by atoms with Gasteiger partial charge in [-0.1, -0.05) is 6.92 Å². The summed E-state index contributed by atoms with van der Waals surface area (Å²) in [7, 11) is 0. The van der Waals surface area contributed by atoms with E-state index in [-0.39, 0.29) is 0 Å². The fourth-order valence-electron chi connectivity index (χ4n) is 1.07. The van der Waals surface area contributed by atoms with Crippen LogP contribution in [0.3, 0.4) is 0 Å². The van der Waals surface area contributed by atoms with Crippen LogP contribution < -0.4 is 0 Å². The summed E-state index contributed by atoms with van der Waals surface area (Å²) in [6.45, 7) is 3.03. The van der Waals surface area contributed by atoms with E-state index in [1.165, 1.54) is 0 Å². The van der Waals surface area contributed by atoms with Gasteiger partial charge in [-0.05, 0) is 18.7 Å². The zero-order valence-electron chi connectivity index (χ0n) is 8.92. The fourth-order valence-corrected chi connectivity index (χ4v) is 2.13. The molecule has 1 fully saturated rings. The van der Waals surface area contributed by atoms with Gasteiger partial charge in [0.2, 0.25) is 6.79 Å². The largest absolute Gasteiger partial charge is 0.427 e. The Kier molecular flexibility index (Phi) is 4.37. The lowest BCUT2D eigenvalue weighted by Crippen LogP contribution is -2.22. The Labute approximate surface area is 108 Å². The van der Waals surface area contributed by atoms with E-state index in [1.807, 2.05) is 6.92 Å². The molecular weight excluding hydrogens is 275 g/mol. The number of thioether (sulfide) groups is 1. The van der Waals surface area contributed by atoms with Crippen molar-refractivity contribution in [3.63, 3.8) is 0 Å². The number of rotatable bonds is 4. The van der Waals surface area contributed by atoms with Gasteiger partial charge >= 0.3 is 11.3 Å². The standard InChI is InChI=1S/C9H12Cl2O4S/c1-3-16-7(13)15-5-14-6(12)8(2)4-9(8,10)11/h3-5H2,1-2H3. The molecule has 1 rings (SSSR count). The van der Waals surface area contributed by atoms with Crippen LogP contribution in [-0.4, -0.2) is 28.1 Å². The van der Waals surface area contributed by atoms with Crippen LogP contribution in [0.5, 0.6) is 0 Å². The number of halogens is 2. The maximum absolute atomic E-state index is 11.5. The minimum atomic E-state index is -1.06. The quantitative estimate of drug-likeness (QED) is 0.452. The van der Waals surface area contributed by atoms with Gasteiger partial charge < -0.3 is 9.47 Å². The summed E-state index contributed by atoms with van der Waals surface area (Å²) in [5, 5.41) is -0.473. The molecule has 1 aliphatic carbocycles. The van der Waals surface area contributed by atoms with E-state index in [9.17, 15) is 9.59 Å². The van der Waals surface area contributed by atoms with Crippen molar-refractivity contribution in [2.75, 3.05) is 12.5 Å². The van der Waals surface area contributed by atoms with Gasteiger partial charge in [0.25, 0.3) is 0 Å². The van der Waals surface area contributed by atoms with Gasteiger partial charge in [0.15, 0.2) is 0 Å². The monoisotopic (exact) mass is 286 g/mol. The summed E-state index contributed by atoms with van der Waals surface area (Å²) in [5.41, 5.74) is -0.888. The SMILES string of the molecule is CCSC(=O)OCOC(=O)C1(C)CC1(Cl)Cl. The molecule has 0 aromatic rings. The van der Waals surface area contributed by atoms with Crippen LogP contribution in [0.25, 0.3) is 0 Å². The zero-order valence-corrected chi connectivity index (χ0v) is 11.2. The van der Waals surface area contributed by atoms with E-state index in [2.05, 4.69) is 4.74 Å². The molecule has 0 N–H and O–H groups in total. The number of hydrogen-bond donors (Lipinski definition) is 0. The molecule has 0 aromatic carbocycles. The normalized spacial score (nSPS) is 26.0. The van der Waals surface area contributed by atoms with Gasteiger partial charge in [-0.25, -0.2) is 4.79 Å². The Hall–Kier alpha value is -0.130. The molecule has 1 aliphatic rings. The number of carbonyl (C=O) groups is 2. The van der Waals surface area contributed by atoms with E-state index in [0.717, 1.165) is 11.8 Å². The topological polar surface area (TPSA) is 52.6 Å². The number of ether oxygens (including phenoxy) is 2. The van der Waals surface area contributed by atoms with Crippen molar-refractivity contribution in [2.45, 2.75) is 24.6 Å². The summed E-state index contributed by atoms with van der Waals surface area (Å²) < 4.78 is 8.33. The molecule has 0 aromatic heterocycles. The molecule has 1 unspecified atom stereocenters. The van der Waals surface area contributed by atoms with Gasteiger partial charge in [-0.3, -0.25) is 4.79 Å². The summed E-state index contributed by atoms with van der Waals surface area (Å²) >= 11 is 12.6. The van der Waals surface area contributed by atoms with Gasteiger partial charge in [0, 0.05) is 12.2 Å². The number of hydrogen-bond acceptors (Lipinski definition) is 5. The van der Waals surface area contributed by atoms with Crippen molar-refractivity contribution in [1.82, 2.24) is 0 Å². The molecule has 92 valence electrons. The van der Waals surface area contributed by atoms with Crippen LogP contribution in [0.1, 0.15) is 20.3 Å². The highest BCUT2D eigenvalue weighted by atomic mass is 35.5. The highest BCUT2D eigenvalue weighted by Gasteiger charge is 2.69. The molecular formula is C9H12Cl2O4S. The predicted molar refractivity (Wildman–Crippen MR) is 62.7 cm³/mol. The Balaban J connectivity index is 2.25. The second kappa shape index (κ2) is 5.02. The third kappa shape index (κ3) is 2.96. The lowest BCUT2D eigenvalue weighted by molar-refractivity contribution is -0.157. The maximum Gasteiger partial charge on any atom is 0.370 e. The van der Waals surface area contributed by atoms with Crippen molar-refractivity contribution in [3.05, 3.63) is 0 Å². The van der Waals surface area contributed by atoms with Crippen LogP contribution in [0.4, 0.5) is 4.79 Å². The van der Waals surface area contributed by atoms with Gasteiger partial charge in [-0.2, -0.15) is 0 Å². The summed E-state index contributed by atoms with van der Waals surface area (Å²) in [5.74, 6) is 0.0588. The van der Waals surface area contributed by atoms with E-state index in [1.54, 1.807) is 6.92 Å². The van der Waals surface area contributed by atoms with Crippen LogP contribution in [-0.2, 0) is 14.3 Å². The van der Waals surface area contributed by atoms with E-state index >= 15 is 0 Å². The molecule has 1 atom stereocenters. The predicted octanol–water partition coefficient (Wildman–Crippen LogP) is 2.96. The van der Waals surface area contributed by atoms with E-state index < -0.39 is 27.8 Å². The fraction of sp³-hybridized carbons (Fsp3) is 0.778. The molecule has 0 amide bonds. The first-order valence-corrected chi connectivity index (χ1v) is 6.42. The molecule has 1 saturated carbocycles. The summed E-state index contributed by atoms with van der Waals surface area (Å²) in [6.07, 6.45) is 0.347. The van der Waals surface area contributed by atoms with E-state index in [4.69, 9.17) is 27.9 Å². The van der Waals surface area contributed by atoms with E-state index in [0.29, 0.717) is 12.2 Å². The highest BCUT2D eigenvalue weighted by Crippen LogP contribution is 2.64. The lowest BCUT2D eigenvalue weighted by atomic mass is 10.1. The number of alkyl halides is 2. The highest BCUT2D eigenvalue weighted by molar-refractivity contribution is 8.13. The van der Waals surface area contributed by atoms with Crippen LogP contribution in [0, 0.1) is 5.41 Å². The first kappa shape index (κ1) is 13.9. The molecule has 0 aliphatic heterocycles. The lowest BCUT2D eigenvalue weighted by Gasteiger charge is -2.11. The average Bonchev–Trinajstić information content (AvgIpc) is 2.67. The second-order valence-corrected chi connectivity index (χ2v) is 6.27. The Morgan fingerprint density at radius 1 is 1.38 bits per heavy atom. The molecule has 0 spiro atoms. The van der Waals surface area contributed by atoms with Crippen molar-refractivity contribution >= 4 is 46.2 Å². The first-order chi connectivity index (χ1) is 7.33.